The third-order valence-corrected chi connectivity index (χ3v) is 6.34. The van der Waals surface area contributed by atoms with E-state index in [1.165, 1.54) is 5.56 Å². The molecule has 0 aliphatic carbocycles. The fourth-order valence-electron chi connectivity index (χ4n) is 4.67. The summed E-state index contributed by atoms with van der Waals surface area (Å²) in [5.41, 5.74) is 3.26. The fraction of sp³-hybridized carbons (Fsp3) is 0.571. The maximum atomic E-state index is 12.7. The van der Waals surface area contributed by atoms with Crippen LogP contribution >= 0.6 is 0 Å². The first-order valence-corrected chi connectivity index (χ1v) is 9.91. The van der Waals surface area contributed by atoms with Crippen LogP contribution < -0.4 is 0 Å². The highest BCUT2D eigenvalue weighted by molar-refractivity contribution is 5.79. The van der Waals surface area contributed by atoms with E-state index in [9.17, 15) is 4.79 Å². The van der Waals surface area contributed by atoms with Gasteiger partial charge in [-0.3, -0.25) is 14.7 Å². The highest BCUT2D eigenvalue weighted by Gasteiger charge is 2.46. The summed E-state index contributed by atoms with van der Waals surface area (Å²) in [6.07, 6.45) is 8.58. The molecule has 2 aliphatic heterocycles. The van der Waals surface area contributed by atoms with Gasteiger partial charge in [-0.1, -0.05) is 5.16 Å². The van der Waals surface area contributed by atoms with Crippen molar-refractivity contribution in [1.29, 1.82) is 0 Å². The number of hydrogen-bond acceptors (Lipinski definition) is 5. The first kappa shape index (κ1) is 18.2. The van der Waals surface area contributed by atoms with E-state index >= 15 is 0 Å². The van der Waals surface area contributed by atoms with E-state index in [2.05, 4.69) is 32.1 Å². The second-order valence-electron chi connectivity index (χ2n) is 7.99. The zero-order chi connectivity index (χ0) is 18.9. The smallest absolute Gasteiger partial charge is 0.223 e. The Morgan fingerprint density at radius 3 is 2.67 bits per heavy atom. The molecular formula is C21H28N4O2. The molecule has 1 spiro atoms. The molecule has 1 unspecified atom stereocenters. The molecule has 4 rings (SSSR count). The Labute approximate surface area is 160 Å². The molecule has 0 aromatic carbocycles. The molecule has 0 N–H and O–H groups in total. The monoisotopic (exact) mass is 368 g/mol. The van der Waals surface area contributed by atoms with Crippen LogP contribution in [-0.2, 0) is 17.9 Å². The van der Waals surface area contributed by atoms with Crippen LogP contribution in [0.25, 0.3) is 0 Å². The first-order chi connectivity index (χ1) is 13.1. The van der Waals surface area contributed by atoms with Crippen LogP contribution in [-0.4, -0.2) is 44.5 Å². The van der Waals surface area contributed by atoms with E-state index in [0.717, 1.165) is 62.3 Å². The van der Waals surface area contributed by atoms with Crippen molar-refractivity contribution in [3.05, 3.63) is 47.1 Å². The van der Waals surface area contributed by atoms with Gasteiger partial charge in [0, 0.05) is 43.0 Å². The highest BCUT2D eigenvalue weighted by Crippen LogP contribution is 2.40. The number of likely N-dealkylation sites (tertiary alicyclic amines) is 2. The number of aromatic nitrogens is 2. The molecule has 2 saturated heterocycles. The zero-order valence-corrected chi connectivity index (χ0v) is 16.3. The molecule has 0 radical (unpaired) electrons. The summed E-state index contributed by atoms with van der Waals surface area (Å²) in [5, 5.41) is 4.07. The largest absolute Gasteiger partial charge is 0.361 e. The van der Waals surface area contributed by atoms with Crippen molar-refractivity contribution >= 4 is 5.91 Å². The number of nitrogens with zero attached hydrogens (tertiary/aromatic N) is 4. The Morgan fingerprint density at radius 2 is 1.93 bits per heavy atom. The number of carbonyl (C=O) groups excluding carboxylic acids is 1. The van der Waals surface area contributed by atoms with Gasteiger partial charge in [0.2, 0.25) is 5.91 Å². The molecule has 27 heavy (non-hydrogen) atoms. The summed E-state index contributed by atoms with van der Waals surface area (Å²) in [6, 6.07) is 4.17. The highest BCUT2D eigenvalue weighted by atomic mass is 16.5. The van der Waals surface area contributed by atoms with Gasteiger partial charge in [-0.15, -0.1) is 0 Å². The molecule has 0 saturated carbocycles. The average Bonchev–Trinajstić information content (AvgIpc) is 3.05. The van der Waals surface area contributed by atoms with Crippen LogP contribution in [0.5, 0.6) is 0 Å². The average molecular weight is 368 g/mol. The van der Waals surface area contributed by atoms with Crippen molar-refractivity contribution in [1.82, 2.24) is 19.9 Å². The molecule has 1 amide bonds. The van der Waals surface area contributed by atoms with E-state index in [-0.39, 0.29) is 11.4 Å². The van der Waals surface area contributed by atoms with Crippen LogP contribution in [0.1, 0.15) is 54.7 Å². The van der Waals surface area contributed by atoms with E-state index in [1.54, 1.807) is 0 Å². The first-order valence-electron chi connectivity index (χ1n) is 9.91. The van der Waals surface area contributed by atoms with Crippen LogP contribution in [0.3, 0.4) is 0 Å². The Kier molecular flexibility index (Phi) is 5.00. The van der Waals surface area contributed by atoms with Gasteiger partial charge in [0.25, 0.3) is 0 Å². The van der Waals surface area contributed by atoms with Gasteiger partial charge >= 0.3 is 0 Å². The topological polar surface area (TPSA) is 62.5 Å². The summed E-state index contributed by atoms with van der Waals surface area (Å²) < 4.78 is 5.32. The summed E-state index contributed by atoms with van der Waals surface area (Å²) in [5.74, 6) is 1.10. The van der Waals surface area contributed by atoms with Crippen molar-refractivity contribution in [2.75, 3.05) is 13.1 Å². The third-order valence-electron chi connectivity index (χ3n) is 6.34. The van der Waals surface area contributed by atoms with E-state index in [0.29, 0.717) is 13.0 Å². The van der Waals surface area contributed by atoms with Crippen molar-refractivity contribution in [2.45, 2.75) is 64.6 Å². The molecule has 6 heteroatoms. The molecule has 2 aromatic rings. The van der Waals surface area contributed by atoms with Gasteiger partial charge in [0.1, 0.15) is 5.76 Å². The minimum absolute atomic E-state index is 0.0137. The van der Waals surface area contributed by atoms with Gasteiger partial charge in [-0.25, -0.2) is 0 Å². The molecule has 1 atom stereocenters. The fourth-order valence-corrected chi connectivity index (χ4v) is 4.67. The number of rotatable bonds is 4. The molecule has 0 bridgehead atoms. The number of pyridine rings is 1. The Balaban J connectivity index is 1.49. The lowest BCUT2D eigenvalue weighted by atomic mass is 9.87. The maximum absolute atomic E-state index is 12.7. The summed E-state index contributed by atoms with van der Waals surface area (Å²) in [7, 11) is 0. The van der Waals surface area contributed by atoms with Gasteiger partial charge in [-0.2, -0.15) is 0 Å². The maximum Gasteiger partial charge on any atom is 0.223 e. The minimum atomic E-state index is -0.0137. The van der Waals surface area contributed by atoms with Crippen LogP contribution in [0.4, 0.5) is 0 Å². The van der Waals surface area contributed by atoms with Crippen LogP contribution in [0, 0.1) is 13.8 Å². The van der Waals surface area contributed by atoms with Crippen molar-refractivity contribution in [2.24, 2.45) is 0 Å². The Hall–Kier alpha value is -2.21. The summed E-state index contributed by atoms with van der Waals surface area (Å²) in [6.45, 7) is 7.58. The molecule has 6 nitrogen and oxygen atoms in total. The van der Waals surface area contributed by atoms with Crippen LogP contribution in [0.2, 0.25) is 0 Å². The third kappa shape index (κ3) is 3.63. The minimum Gasteiger partial charge on any atom is -0.361 e. The van der Waals surface area contributed by atoms with Gasteiger partial charge in [-0.05, 0) is 63.8 Å². The van der Waals surface area contributed by atoms with E-state index < -0.39 is 0 Å². The SMILES string of the molecule is Cc1noc(C)c1CN1C(=O)CCC12CCCN(Cc1ccncc1)CC2. The van der Waals surface area contributed by atoms with Gasteiger partial charge < -0.3 is 9.42 Å². The molecule has 2 fully saturated rings. The quantitative estimate of drug-likeness (QED) is 0.829. The molecule has 2 aliphatic rings. The predicted molar refractivity (Wildman–Crippen MR) is 102 cm³/mol. The molecular weight excluding hydrogens is 340 g/mol. The van der Waals surface area contributed by atoms with Gasteiger partial charge in [0.05, 0.1) is 12.2 Å². The lowest BCUT2D eigenvalue weighted by Gasteiger charge is -2.38. The van der Waals surface area contributed by atoms with E-state index in [4.69, 9.17) is 4.52 Å². The lowest BCUT2D eigenvalue weighted by Crippen LogP contribution is -2.46. The second-order valence-corrected chi connectivity index (χ2v) is 7.99. The van der Waals surface area contributed by atoms with Crippen molar-refractivity contribution in [3.8, 4) is 0 Å². The molecule has 2 aromatic heterocycles. The van der Waals surface area contributed by atoms with Crippen LogP contribution in [0.15, 0.2) is 29.0 Å². The number of amides is 1. The van der Waals surface area contributed by atoms with Crippen molar-refractivity contribution in [3.63, 3.8) is 0 Å². The van der Waals surface area contributed by atoms with Crippen molar-refractivity contribution < 1.29 is 9.32 Å². The predicted octanol–water partition coefficient (Wildman–Crippen LogP) is 3.23. The van der Waals surface area contributed by atoms with E-state index in [1.807, 2.05) is 26.2 Å². The number of carbonyl (C=O) groups is 1. The normalized spacial score (nSPS) is 23.9. The molecule has 144 valence electrons. The van der Waals surface area contributed by atoms with Gasteiger partial charge in [0.15, 0.2) is 0 Å². The zero-order valence-electron chi connectivity index (χ0n) is 16.3. The lowest BCUT2D eigenvalue weighted by molar-refractivity contribution is -0.132. The number of hydrogen-bond donors (Lipinski definition) is 0. The number of aryl methyl sites for hydroxylation is 2. The standard InChI is InChI=1S/C21H28N4O2/c1-16-19(17(2)27-23-16)15-25-20(26)4-8-21(25)7-3-12-24(13-9-21)14-18-5-10-22-11-6-18/h5-6,10-11H,3-4,7-9,12-15H2,1-2H3. The Morgan fingerprint density at radius 1 is 1.11 bits per heavy atom. The summed E-state index contributed by atoms with van der Waals surface area (Å²) >= 11 is 0. The molecule has 4 heterocycles. The summed E-state index contributed by atoms with van der Waals surface area (Å²) in [4.78, 5) is 21.5. The second kappa shape index (κ2) is 7.43. The Bertz CT molecular complexity index is 784.